The van der Waals surface area contributed by atoms with Crippen LogP contribution >= 0.6 is 0 Å². The van der Waals surface area contributed by atoms with Gasteiger partial charge in [-0.25, -0.2) is 0 Å². The van der Waals surface area contributed by atoms with Crippen LogP contribution in [-0.4, -0.2) is 36.2 Å². The van der Waals surface area contributed by atoms with Crippen LogP contribution in [0.2, 0.25) is 0 Å². The maximum absolute atomic E-state index is 6.14. The van der Waals surface area contributed by atoms with Gasteiger partial charge in [0.15, 0.2) is 0 Å². The Balaban J connectivity index is 0.000000614. The van der Waals surface area contributed by atoms with Crippen molar-refractivity contribution in [2.45, 2.75) is 103 Å². The fourth-order valence-corrected chi connectivity index (χ4v) is 4.33. The van der Waals surface area contributed by atoms with Gasteiger partial charge in [-0.15, -0.1) is 0 Å². The maximum Gasteiger partial charge on any atom is 0.123 e. The molecule has 1 aliphatic heterocycles. The van der Waals surface area contributed by atoms with E-state index in [0.717, 1.165) is 11.8 Å². The molecule has 0 spiro atoms. The van der Waals surface area contributed by atoms with Crippen molar-refractivity contribution in [3.63, 3.8) is 0 Å². The van der Waals surface area contributed by atoms with E-state index in [1.807, 2.05) is 27.7 Å². The van der Waals surface area contributed by atoms with Crippen LogP contribution in [0.1, 0.15) is 90.5 Å². The molecule has 0 amide bonds. The van der Waals surface area contributed by atoms with Gasteiger partial charge in [0.05, 0.1) is 6.10 Å². The number of likely N-dealkylation sites (tertiary alicyclic amines) is 1. The Morgan fingerprint density at radius 2 is 1.41 bits per heavy atom. The monoisotopic (exact) mass is 374 g/mol. The highest BCUT2D eigenvalue weighted by atomic mass is 16.5. The predicted octanol–water partition coefficient (Wildman–Crippen LogP) is 5.73. The lowest BCUT2D eigenvalue weighted by molar-refractivity contribution is 0.117. The van der Waals surface area contributed by atoms with Crippen molar-refractivity contribution in [1.29, 1.82) is 0 Å². The Kier molecular flexibility index (Phi) is 9.64. The molecule has 27 heavy (non-hydrogen) atoms. The summed E-state index contributed by atoms with van der Waals surface area (Å²) in [6.07, 6.45) is 10.5. The second-order valence-electron chi connectivity index (χ2n) is 7.73. The highest BCUT2D eigenvalue weighted by Gasteiger charge is 2.30. The third kappa shape index (κ3) is 6.50. The van der Waals surface area contributed by atoms with Crippen LogP contribution in [0.15, 0.2) is 24.3 Å². The van der Waals surface area contributed by atoms with Gasteiger partial charge in [-0.3, -0.25) is 0 Å². The van der Waals surface area contributed by atoms with Crippen molar-refractivity contribution in [3.05, 3.63) is 29.8 Å². The molecule has 0 atom stereocenters. The highest BCUT2D eigenvalue weighted by molar-refractivity contribution is 5.37. The maximum atomic E-state index is 6.14. The number of hydrogen-bond donors (Lipinski definition) is 1. The second-order valence-corrected chi connectivity index (χ2v) is 7.73. The van der Waals surface area contributed by atoms with E-state index in [0.29, 0.717) is 18.1 Å². The van der Waals surface area contributed by atoms with E-state index in [2.05, 4.69) is 29.2 Å². The summed E-state index contributed by atoms with van der Waals surface area (Å²) < 4.78 is 6.14. The number of hydrogen-bond acceptors (Lipinski definition) is 3. The Hall–Kier alpha value is -1.06. The minimum atomic E-state index is 0.454. The first-order valence-corrected chi connectivity index (χ1v) is 11.5. The molecule has 2 aliphatic carbocycles. The average molecular weight is 375 g/mol. The molecule has 2 saturated carbocycles. The summed E-state index contributed by atoms with van der Waals surface area (Å²) in [5.41, 5.74) is 7.50. The number of para-hydroxylation sites is 1. The Morgan fingerprint density at radius 3 is 2.00 bits per heavy atom. The molecule has 154 valence electrons. The van der Waals surface area contributed by atoms with E-state index in [1.54, 1.807) is 0 Å². The lowest BCUT2D eigenvalue weighted by Gasteiger charge is -2.40. The molecule has 1 saturated heterocycles. The normalized spacial score (nSPS) is 26.3. The molecule has 0 bridgehead atoms. The quantitative estimate of drug-likeness (QED) is 0.731. The van der Waals surface area contributed by atoms with Crippen LogP contribution in [0.5, 0.6) is 5.75 Å². The van der Waals surface area contributed by atoms with Gasteiger partial charge in [-0.1, -0.05) is 45.9 Å². The molecule has 3 fully saturated rings. The van der Waals surface area contributed by atoms with Crippen molar-refractivity contribution in [1.82, 2.24) is 4.90 Å². The summed E-state index contributed by atoms with van der Waals surface area (Å²) in [6.45, 7) is 10.5. The molecule has 2 N–H and O–H groups in total. The second kappa shape index (κ2) is 11.7. The topological polar surface area (TPSA) is 38.5 Å². The van der Waals surface area contributed by atoms with E-state index >= 15 is 0 Å². The van der Waals surface area contributed by atoms with E-state index < -0.39 is 0 Å². The van der Waals surface area contributed by atoms with Crippen molar-refractivity contribution < 1.29 is 4.74 Å². The lowest BCUT2D eigenvalue weighted by Crippen LogP contribution is -2.44. The molecule has 4 rings (SSSR count). The molecular weight excluding hydrogens is 332 g/mol. The smallest absolute Gasteiger partial charge is 0.123 e. The Bertz CT molecular complexity index is 513. The number of nitrogens with zero attached hydrogens (tertiary/aromatic N) is 1. The molecule has 3 nitrogen and oxygen atoms in total. The van der Waals surface area contributed by atoms with Gasteiger partial charge in [0.25, 0.3) is 0 Å². The number of rotatable bonds is 4. The first-order valence-electron chi connectivity index (χ1n) is 11.5. The molecule has 0 radical (unpaired) electrons. The number of nitrogens with two attached hydrogens (primary N) is 1. The van der Waals surface area contributed by atoms with Crippen molar-refractivity contribution in [2.24, 2.45) is 5.73 Å². The van der Waals surface area contributed by atoms with Crippen molar-refractivity contribution in [2.75, 3.05) is 13.1 Å². The molecule has 0 unspecified atom stereocenters. The molecule has 1 aromatic rings. The first kappa shape index (κ1) is 22.2. The van der Waals surface area contributed by atoms with Gasteiger partial charge in [-0.2, -0.15) is 0 Å². The number of piperidine rings is 1. The standard InChI is InChI=1S/C20H30N2O.2C2H6/c21-16-5-7-17(8-6-16)22-13-11-15(12-14-22)19-3-1-2-4-20(19)23-18-9-10-18;2*1-2/h1-4,15-18H,5-14,21H2;2*1-2H3. The van der Waals surface area contributed by atoms with Gasteiger partial charge in [0.1, 0.15) is 5.75 Å². The number of ether oxygens (including phenoxy) is 1. The summed E-state index contributed by atoms with van der Waals surface area (Å²) in [6, 6.07) is 9.98. The summed E-state index contributed by atoms with van der Waals surface area (Å²) in [5.74, 6) is 1.82. The highest BCUT2D eigenvalue weighted by Crippen LogP contribution is 2.38. The minimum absolute atomic E-state index is 0.454. The predicted molar refractivity (Wildman–Crippen MR) is 117 cm³/mol. The van der Waals surface area contributed by atoms with E-state index in [1.165, 1.54) is 70.0 Å². The van der Waals surface area contributed by atoms with Crippen LogP contribution in [0.25, 0.3) is 0 Å². The van der Waals surface area contributed by atoms with Gasteiger partial charge in [-0.05, 0) is 82.0 Å². The lowest BCUT2D eigenvalue weighted by atomic mass is 9.85. The summed E-state index contributed by atoms with van der Waals surface area (Å²) >= 11 is 0. The average Bonchev–Trinajstić information content (AvgIpc) is 3.56. The molecule has 3 heteroatoms. The summed E-state index contributed by atoms with van der Waals surface area (Å²) in [5, 5.41) is 0. The first-order chi connectivity index (χ1) is 13.3. The van der Waals surface area contributed by atoms with Gasteiger partial charge >= 0.3 is 0 Å². The van der Waals surface area contributed by atoms with Crippen LogP contribution in [0.4, 0.5) is 0 Å². The summed E-state index contributed by atoms with van der Waals surface area (Å²) in [4.78, 5) is 2.73. The van der Waals surface area contributed by atoms with Crippen LogP contribution in [0, 0.1) is 0 Å². The van der Waals surface area contributed by atoms with E-state index in [9.17, 15) is 0 Å². The van der Waals surface area contributed by atoms with E-state index in [4.69, 9.17) is 10.5 Å². The Labute approximate surface area is 167 Å². The van der Waals surface area contributed by atoms with Crippen LogP contribution < -0.4 is 10.5 Å². The molecule has 1 heterocycles. The zero-order chi connectivity index (χ0) is 19.6. The largest absolute Gasteiger partial charge is 0.490 e. The molecule has 0 aromatic heterocycles. The van der Waals surface area contributed by atoms with Gasteiger partial charge in [0, 0.05) is 12.1 Å². The fourth-order valence-electron chi connectivity index (χ4n) is 4.33. The Morgan fingerprint density at radius 1 is 0.815 bits per heavy atom. The molecule has 3 aliphatic rings. The van der Waals surface area contributed by atoms with Crippen molar-refractivity contribution >= 4 is 0 Å². The zero-order valence-corrected chi connectivity index (χ0v) is 18.1. The third-order valence-electron chi connectivity index (χ3n) is 5.96. The fraction of sp³-hybridized carbons (Fsp3) is 0.750. The van der Waals surface area contributed by atoms with Gasteiger partial charge < -0.3 is 15.4 Å². The van der Waals surface area contributed by atoms with Gasteiger partial charge in [0.2, 0.25) is 0 Å². The molecule has 1 aromatic carbocycles. The minimum Gasteiger partial charge on any atom is -0.490 e. The third-order valence-corrected chi connectivity index (χ3v) is 5.96. The van der Waals surface area contributed by atoms with Crippen LogP contribution in [-0.2, 0) is 0 Å². The summed E-state index contributed by atoms with van der Waals surface area (Å²) in [7, 11) is 0. The SMILES string of the molecule is CC.CC.NC1CCC(N2CCC(c3ccccc3OC3CC3)CC2)CC1. The van der Waals surface area contributed by atoms with Crippen molar-refractivity contribution in [3.8, 4) is 5.75 Å². The molecular formula is C24H42N2O. The van der Waals surface area contributed by atoms with E-state index in [-0.39, 0.29) is 0 Å². The van der Waals surface area contributed by atoms with Crippen LogP contribution in [0.3, 0.4) is 0 Å². The number of benzene rings is 1. The zero-order valence-electron chi connectivity index (χ0n) is 18.1.